The maximum atomic E-state index is 5.04. The zero-order valence-corrected chi connectivity index (χ0v) is 8.55. The van der Waals surface area contributed by atoms with Crippen molar-refractivity contribution in [2.75, 3.05) is 0 Å². The Kier molecular flexibility index (Phi) is 3.06. The molecule has 0 bridgehead atoms. The maximum absolute atomic E-state index is 5.04. The predicted octanol–water partition coefficient (Wildman–Crippen LogP) is 0.844. The van der Waals surface area contributed by atoms with Gasteiger partial charge in [-0.3, -0.25) is 0 Å². The Morgan fingerprint density at radius 2 is 1.25 bits per heavy atom. The number of hydrogen-bond acceptors (Lipinski definition) is 0. The van der Waals surface area contributed by atoms with Crippen LogP contribution in [0, 0.1) is 31.1 Å². The normalized spacial score (nSPS) is 8.25. The Hall–Kier alpha value is -0.0413. The van der Waals surface area contributed by atoms with Gasteiger partial charge in [0.15, 0.2) is 0 Å². The van der Waals surface area contributed by atoms with Crippen LogP contribution >= 0.6 is 12.7 Å². The van der Waals surface area contributed by atoms with Gasteiger partial charge in [0.2, 0.25) is 0 Å². The van der Waals surface area contributed by atoms with E-state index in [0.29, 0.717) is 0 Å². The van der Waals surface area contributed by atoms with E-state index in [9.17, 15) is 0 Å². The third kappa shape index (κ3) is 1.83. The zero-order valence-electron chi connectivity index (χ0n) is 4.11. The van der Waals surface area contributed by atoms with Gasteiger partial charge in [0.05, 0.1) is 0 Å². The van der Waals surface area contributed by atoms with Crippen LogP contribution in [-0.2, 0) is 0 Å². The summed E-state index contributed by atoms with van der Waals surface area (Å²) in [4.78, 5) is 0. The van der Waals surface area contributed by atoms with E-state index in [0.717, 1.165) is 0 Å². The second-order valence-electron chi connectivity index (χ2n) is 1.09. The SMILES string of the molecule is C#[C][Sn]([Br])([C]#C)[C]#C. The second kappa shape index (κ2) is 3.08. The Balaban J connectivity index is 4.42. The van der Waals surface area contributed by atoms with Crippen molar-refractivity contribution in [1.29, 1.82) is 0 Å². The van der Waals surface area contributed by atoms with Crippen LogP contribution in [-0.4, -0.2) is 16.2 Å². The van der Waals surface area contributed by atoms with Gasteiger partial charge in [0, 0.05) is 0 Å². The monoisotopic (exact) mass is 274 g/mol. The number of hydrogen-bond donors (Lipinski definition) is 0. The molecular weight excluding hydrogens is 271 g/mol. The van der Waals surface area contributed by atoms with E-state index >= 15 is 0 Å². The summed E-state index contributed by atoms with van der Waals surface area (Å²) in [6, 6.07) is 0. The van der Waals surface area contributed by atoms with Gasteiger partial charge in [-0.05, 0) is 0 Å². The van der Waals surface area contributed by atoms with Crippen LogP contribution in [0.25, 0.3) is 0 Å². The van der Waals surface area contributed by atoms with Crippen molar-refractivity contribution in [3.05, 3.63) is 0 Å². The van der Waals surface area contributed by atoms with Crippen LogP contribution in [0.4, 0.5) is 0 Å². The zero-order chi connectivity index (χ0) is 6.62. The molecule has 0 aromatic carbocycles. The molecular formula is C6H3BrSn. The molecule has 0 nitrogen and oxygen atoms in total. The molecule has 0 unspecified atom stereocenters. The molecule has 0 aromatic heterocycles. The first-order chi connectivity index (χ1) is 3.68. The second-order valence-corrected chi connectivity index (χ2v) is 15.3. The molecule has 0 amide bonds. The molecule has 0 aromatic rings. The number of halogens is 1. The quantitative estimate of drug-likeness (QED) is 0.453. The molecule has 0 aliphatic carbocycles. The molecule has 0 atom stereocenters. The summed E-state index contributed by atoms with van der Waals surface area (Å²) in [5, 5.41) is 0. The van der Waals surface area contributed by atoms with Gasteiger partial charge in [-0.25, -0.2) is 0 Å². The molecule has 0 spiro atoms. The fraction of sp³-hybridized carbons (Fsp3) is 0. The van der Waals surface area contributed by atoms with Crippen LogP contribution in [0.3, 0.4) is 0 Å². The molecule has 38 valence electrons. The van der Waals surface area contributed by atoms with E-state index < -0.39 is 16.2 Å². The summed E-state index contributed by atoms with van der Waals surface area (Å²) in [5.41, 5.74) is 0. The van der Waals surface area contributed by atoms with Gasteiger partial charge >= 0.3 is 59.9 Å². The summed E-state index contributed by atoms with van der Waals surface area (Å²) >= 11 is 0.245. The first-order valence-electron chi connectivity index (χ1n) is 1.81. The molecule has 0 fully saturated rings. The third-order valence-corrected chi connectivity index (χ3v) is 8.61. The van der Waals surface area contributed by atoms with Crippen molar-refractivity contribution in [3.8, 4) is 31.1 Å². The summed E-state index contributed by atoms with van der Waals surface area (Å²) in [5.74, 6) is 0. The van der Waals surface area contributed by atoms with Crippen molar-refractivity contribution in [3.63, 3.8) is 0 Å². The molecule has 0 aliphatic rings. The molecule has 0 radical (unpaired) electrons. The average molecular weight is 274 g/mol. The first-order valence-corrected chi connectivity index (χ1v) is 12.5. The standard InChI is InChI=1S/3C2H.BrH.Sn/c3*1-2;;/h3*1H;1H;/q;;;;+1/p-1. The molecule has 0 heterocycles. The van der Waals surface area contributed by atoms with Crippen molar-refractivity contribution >= 4 is 28.9 Å². The van der Waals surface area contributed by atoms with Crippen molar-refractivity contribution < 1.29 is 0 Å². The van der Waals surface area contributed by atoms with Crippen LogP contribution in [0.2, 0.25) is 0 Å². The minimum absolute atomic E-state index is 2.43. The van der Waals surface area contributed by atoms with E-state index in [1.807, 2.05) is 0 Å². The predicted molar refractivity (Wildman–Crippen MR) is 41.2 cm³/mol. The topological polar surface area (TPSA) is 0 Å². The molecule has 0 saturated heterocycles. The minimum atomic E-state index is -2.94. The third-order valence-electron chi connectivity index (χ3n) is 0.597. The summed E-state index contributed by atoms with van der Waals surface area (Å²) in [7, 11) is 0. The molecule has 0 aliphatic heterocycles. The fourth-order valence-corrected chi connectivity index (χ4v) is 0.839. The number of terminal acetylenes is 3. The molecule has 0 N–H and O–H groups in total. The Labute approximate surface area is 59.7 Å². The van der Waals surface area contributed by atoms with Gasteiger partial charge in [-0.2, -0.15) is 0 Å². The van der Waals surface area contributed by atoms with E-state index in [1.165, 1.54) is 0 Å². The van der Waals surface area contributed by atoms with Crippen molar-refractivity contribution in [2.24, 2.45) is 0 Å². The molecule has 2 heteroatoms. The van der Waals surface area contributed by atoms with Crippen molar-refractivity contribution in [2.45, 2.75) is 0 Å². The first kappa shape index (κ1) is 7.96. The van der Waals surface area contributed by atoms with Gasteiger partial charge in [0.25, 0.3) is 0 Å². The fourth-order valence-electron chi connectivity index (χ4n) is 0.125. The molecule has 8 heavy (non-hydrogen) atoms. The van der Waals surface area contributed by atoms with E-state index in [-0.39, 0.29) is 0 Å². The summed E-state index contributed by atoms with van der Waals surface area (Å²) < 4.78 is 7.30. The Morgan fingerprint density at radius 3 is 1.25 bits per heavy atom. The molecule has 0 rings (SSSR count). The van der Waals surface area contributed by atoms with Crippen LogP contribution in [0.1, 0.15) is 0 Å². The van der Waals surface area contributed by atoms with Crippen LogP contribution in [0.5, 0.6) is 0 Å². The average Bonchev–Trinajstić information content (AvgIpc) is 1.87. The summed E-state index contributed by atoms with van der Waals surface area (Å²) in [6.07, 6.45) is 15.1. The van der Waals surface area contributed by atoms with Crippen LogP contribution < -0.4 is 0 Å². The van der Waals surface area contributed by atoms with Crippen LogP contribution in [0.15, 0.2) is 0 Å². The van der Waals surface area contributed by atoms with Gasteiger partial charge in [0.1, 0.15) is 0 Å². The van der Waals surface area contributed by atoms with Gasteiger partial charge in [-0.1, -0.05) is 0 Å². The van der Waals surface area contributed by atoms with E-state index in [4.69, 9.17) is 19.3 Å². The van der Waals surface area contributed by atoms with E-state index in [2.05, 4.69) is 24.5 Å². The number of rotatable bonds is 0. The van der Waals surface area contributed by atoms with E-state index in [1.54, 1.807) is 0 Å². The Bertz CT molecular complexity index is 162. The molecule has 0 saturated carbocycles. The van der Waals surface area contributed by atoms with Gasteiger partial charge in [-0.15, -0.1) is 0 Å². The van der Waals surface area contributed by atoms with Gasteiger partial charge < -0.3 is 0 Å². The van der Waals surface area contributed by atoms with Crippen molar-refractivity contribution in [1.82, 2.24) is 0 Å². The summed E-state index contributed by atoms with van der Waals surface area (Å²) in [6.45, 7) is 0. The Morgan fingerprint density at radius 1 is 1.00 bits per heavy atom.